The molecule has 0 saturated heterocycles. The molecule has 0 N–H and O–H groups in total. The van der Waals surface area contributed by atoms with Gasteiger partial charge in [0.2, 0.25) is 0 Å². The zero-order valence-electron chi connectivity index (χ0n) is 31.6. The molecule has 7 aromatic carbocycles. The lowest BCUT2D eigenvalue weighted by atomic mass is 9.91. The second kappa shape index (κ2) is 15.4. The fourth-order valence-electron chi connectivity index (χ4n) is 7.64. The Labute approximate surface area is 337 Å². The first-order valence-electron chi connectivity index (χ1n) is 19.4. The van der Waals surface area contributed by atoms with Crippen molar-refractivity contribution in [3.05, 3.63) is 219 Å². The molecule has 10 aromatic rings. The third-order valence-electron chi connectivity index (χ3n) is 10.7. The van der Waals surface area contributed by atoms with E-state index < -0.39 is 0 Å². The number of hydrogen-bond donors (Lipinski definition) is 0. The van der Waals surface area contributed by atoms with E-state index in [4.69, 9.17) is 9.97 Å². The Morgan fingerprint density at radius 3 is 0.879 bits per heavy atom. The van der Waals surface area contributed by atoms with Crippen LogP contribution in [0.4, 0.5) is 0 Å². The number of nitrogens with zero attached hydrogens (tertiary/aromatic N) is 4. The van der Waals surface area contributed by atoms with Gasteiger partial charge in [0, 0.05) is 35.9 Å². The maximum absolute atomic E-state index is 5.46. The molecule has 0 unspecified atom stereocenters. The van der Waals surface area contributed by atoms with Crippen LogP contribution in [0, 0.1) is 0 Å². The van der Waals surface area contributed by atoms with E-state index in [1.165, 1.54) is 22.3 Å². The molecular formula is C54H36N4. The molecule has 3 heterocycles. The van der Waals surface area contributed by atoms with Crippen LogP contribution in [0.15, 0.2) is 219 Å². The highest BCUT2D eigenvalue weighted by atomic mass is 14.8. The second-order valence-corrected chi connectivity index (χ2v) is 14.3. The van der Waals surface area contributed by atoms with Gasteiger partial charge in [0.1, 0.15) is 0 Å². The Bertz CT molecular complexity index is 2550. The van der Waals surface area contributed by atoms with Crippen LogP contribution in [-0.2, 0) is 0 Å². The van der Waals surface area contributed by atoms with E-state index in [1.807, 2.05) is 24.5 Å². The van der Waals surface area contributed by atoms with Crippen LogP contribution in [0.2, 0.25) is 0 Å². The van der Waals surface area contributed by atoms with Crippen LogP contribution >= 0.6 is 0 Å². The summed E-state index contributed by atoms with van der Waals surface area (Å²) in [6.07, 6.45) is 7.37. The topological polar surface area (TPSA) is 51.6 Å². The monoisotopic (exact) mass is 740 g/mol. The first-order valence-corrected chi connectivity index (χ1v) is 19.4. The average Bonchev–Trinajstić information content (AvgIpc) is 3.32. The van der Waals surface area contributed by atoms with Crippen molar-refractivity contribution in [2.24, 2.45) is 0 Å². The number of rotatable bonds is 8. The Kier molecular flexibility index (Phi) is 9.18. The fraction of sp³-hybridized carbons (Fsp3) is 0. The van der Waals surface area contributed by atoms with Crippen LogP contribution in [0.3, 0.4) is 0 Å². The quantitative estimate of drug-likeness (QED) is 0.156. The Balaban J connectivity index is 1.14. The van der Waals surface area contributed by atoms with Gasteiger partial charge in [-0.15, -0.1) is 0 Å². The van der Waals surface area contributed by atoms with E-state index >= 15 is 0 Å². The van der Waals surface area contributed by atoms with Crippen molar-refractivity contribution in [3.63, 3.8) is 0 Å². The molecular weight excluding hydrogens is 705 g/mol. The molecule has 0 saturated carbocycles. The molecule has 4 heteroatoms. The summed E-state index contributed by atoms with van der Waals surface area (Å²) >= 11 is 0. The summed E-state index contributed by atoms with van der Waals surface area (Å²) in [7, 11) is 0. The molecule has 0 atom stereocenters. The lowest BCUT2D eigenvalue weighted by molar-refractivity contribution is 1.29. The van der Waals surface area contributed by atoms with E-state index in [0.29, 0.717) is 0 Å². The highest BCUT2D eigenvalue weighted by molar-refractivity contribution is 5.96. The van der Waals surface area contributed by atoms with Gasteiger partial charge in [0.05, 0.1) is 22.4 Å². The first kappa shape index (κ1) is 34.7. The fourth-order valence-corrected chi connectivity index (χ4v) is 7.64. The Hall–Kier alpha value is -7.82. The maximum atomic E-state index is 5.46. The van der Waals surface area contributed by atoms with Crippen LogP contribution in [0.25, 0.3) is 100 Å². The molecule has 0 bridgehead atoms. The minimum absolute atomic E-state index is 0.824. The van der Waals surface area contributed by atoms with Crippen molar-refractivity contribution >= 4 is 11.0 Å². The SMILES string of the molecule is c1ccc(-c2ccc(-c3cc4nc(-c5ccc(-c6cccnc6)cc5)c(-c5ccc(-c6cccnc6)cc5)nc4cc3-c3ccc(-c4ccccc4)cc3)cc2)cc1. The number of fused-ring (bicyclic) bond motifs is 1. The van der Waals surface area contributed by atoms with Crippen molar-refractivity contribution in [2.75, 3.05) is 0 Å². The third kappa shape index (κ3) is 6.95. The van der Waals surface area contributed by atoms with E-state index in [0.717, 1.165) is 78.1 Å². The molecule has 0 radical (unpaired) electrons. The molecule has 3 aromatic heterocycles. The van der Waals surface area contributed by atoms with Gasteiger partial charge in [0.15, 0.2) is 0 Å². The highest BCUT2D eigenvalue weighted by Crippen LogP contribution is 2.40. The normalized spacial score (nSPS) is 11.1. The number of pyridine rings is 2. The summed E-state index contributed by atoms with van der Waals surface area (Å²) in [6, 6.07) is 68.3. The molecule has 0 aliphatic heterocycles. The summed E-state index contributed by atoms with van der Waals surface area (Å²) in [5, 5.41) is 0. The smallest absolute Gasteiger partial charge is 0.0973 e. The molecule has 0 fully saturated rings. The van der Waals surface area contributed by atoms with Gasteiger partial charge in [-0.1, -0.05) is 170 Å². The second-order valence-electron chi connectivity index (χ2n) is 14.3. The van der Waals surface area contributed by atoms with Crippen molar-refractivity contribution in [1.29, 1.82) is 0 Å². The van der Waals surface area contributed by atoms with E-state index in [2.05, 4.69) is 192 Å². The highest BCUT2D eigenvalue weighted by Gasteiger charge is 2.18. The largest absolute Gasteiger partial charge is 0.264 e. The Morgan fingerprint density at radius 1 is 0.241 bits per heavy atom. The maximum Gasteiger partial charge on any atom is 0.0973 e. The van der Waals surface area contributed by atoms with Gasteiger partial charge in [-0.25, -0.2) is 9.97 Å². The van der Waals surface area contributed by atoms with Crippen LogP contribution in [-0.4, -0.2) is 19.9 Å². The first-order chi connectivity index (χ1) is 28.7. The predicted molar refractivity (Wildman–Crippen MR) is 239 cm³/mol. The van der Waals surface area contributed by atoms with E-state index in [1.54, 1.807) is 12.4 Å². The van der Waals surface area contributed by atoms with Gasteiger partial charge in [-0.2, -0.15) is 0 Å². The Morgan fingerprint density at radius 2 is 0.534 bits per heavy atom. The van der Waals surface area contributed by atoms with Crippen molar-refractivity contribution in [3.8, 4) is 89.3 Å². The van der Waals surface area contributed by atoms with E-state index in [9.17, 15) is 0 Å². The molecule has 0 aliphatic rings. The predicted octanol–water partition coefficient (Wildman–Crippen LogP) is 13.8. The minimum Gasteiger partial charge on any atom is -0.264 e. The minimum atomic E-state index is 0.824. The van der Waals surface area contributed by atoms with Crippen LogP contribution in [0.5, 0.6) is 0 Å². The van der Waals surface area contributed by atoms with Crippen LogP contribution in [0.1, 0.15) is 0 Å². The van der Waals surface area contributed by atoms with Crippen molar-refractivity contribution in [1.82, 2.24) is 19.9 Å². The lowest BCUT2D eigenvalue weighted by Gasteiger charge is -2.16. The van der Waals surface area contributed by atoms with Gasteiger partial charge in [0.25, 0.3) is 0 Å². The molecule has 272 valence electrons. The molecule has 0 aliphatic carbocycles. The van der Waals surface area contributed by atoms with Gasteiger partial charge in [-0.3, -0.25) is 9.97 Å². The standard InChI is InChI=1S/C54H36N4/c1-3-9-37(10-4-1)39-15-23-43(24-16-39)49-33-51-52(34-50(49)44-25-17-40(18-26-44)38-11-5-2-6-12-38)58-54(46-29-21-42(22-30-46)48-14-8-32-56-36-48)53(57-51)45-27-19-41(20-28-45)47-13-7-31-55-35-47/h1-36H. The zero-order chi connectivity index (χ0) is 38.7. The summed E-state index contributed by atoms with van der Waals surface area (Å²) in [5.74, 6) is 0. The number of aromatic nitrogens is 4. The van der Waals surface area contributed by atoms with Gasteiger partial charge < -0.3 is 0 Å². The summed E-state index contributed by atoms with van der Waals surface area (Å²) < 4.78 is 0. The van der Waals surface area contributed by atoms with Gasteiger partial charge in [-0.05, 0) is 91.0 Å². The van der Waals surface area contributed by atoms with Gasteiger partial charge >= 0.3 is 0 Å². The zero-order valence-corrected chi connectivity index (χ0v) is 31.6. The number of benzene rings is 7. The molecule has 4 nitrogen and oxygen atoms in total. The summed E-state index contributed by atoms with van der Waals surface area (Å²) in [5.41, 5.74) is 18.8. The molecule has 0 spiro atoms. The van der Waals surface area contributed by atoms with Crippen molar-refractivity contribution < 1.29 is 0 Å². The molecule has 0 amide bonds. The summed E-state index contributed by atoms with van der Waals surface area (Å²) in [4.78, 5) is 19.6. The third-order valence-corrected chi connectivity index (χ3v) is 10.7. The van der Waals surface area contributed by atoms with Crippen molar-refractivity contribution in [2.45, 2.75) is 0 Å². The lowest BCUT2D eigenvalue weighted by Crippen LogP contribution is -1.97. The molecule has 58 heavy (non-hydrogen) atoms. The molecule has 10 rings (SSSR count). The van der Waals surface area contributed by atoms with Crippen LogP contribution < -0.4 is 0 Å². The summed E-state index contributed by atoms with van der Waals surface area (Å²) in [6.45, 7) is 0. The average molecular weight is 741 g/mol. The van der Waals surface area contributed by atoms with E-state index in [-0.39, 0.29) is 0 Å². The number of hydrogen-bond acceptors (Lipinski definition) is 4.